The van der Waals surface area contributed by atoms with Crippen molar-refractivity contribution in [2.75, 3.05) is 25.6 Å². The first-order valence-electron chi connectivity index (χ1n) is 7.05. The Morgan fingerprint density at radius 3 is 2.83 bits per heavy atom. The van der Waals surface area contributed by atoms with Crippen molar-refractivity contribution in [3.05, 3.63) is 53.3 Å². The van der Waals surface area contributed by atoms with Gasteiger partial charge < -0.3 is 20.1 Å². The molecule has 0 unspecified atom stereocenters. The number of carbonyl (C=O) groups is 1. The Bertz CT molecular complexity index is 638. The maximum absolute atomic E-state index is 12.0. The Balaban J connectivity index is 1.95. The first-order chi connectivity index (χ1) is 11.2. The molecule has 23 heavy (non-hydrogen) atoms. The van der Waals surface area contributed by atoms with Gasteiger partial charge in [0, 0.05) is 13.3 Å². The number of hydrogen-bond acceptors (Lipinski definition) is 4. The molecule has 0 bridgehead atoms. The molecular formula is C16H18ClN3O3. The van der Waals surface area contributed by atoms with E-state index < -0.39 is 0 Å². The van der Waals surface area contributed by atoms with Gasteiger partial charge in [0.05, 0.1) is 29.6 Å². The first kappa shape index (κ1) is 17.1. The number of nitrogens with one attached hydrogen (secondary N) is 2. The highest BCUT2D eigenvalue weighted by Crippen LogP contribution is 2.32. The quantitative estimate of drug-likeness (QED) is 0.763. The van der Waals surface area contributed by atoms with E-state index in [9.17, 15) is 4.79 Å². The average Bonchev–Trinajstić information content (AvgIpc) is 2.56. The summed E-state index contributed by atoms with van der Waals surface area (Å²) < 4.78 is 10.5. The number of amides is 2. The van der Waals surface area contributed by atoms with Crippen LogP contribution in [0.5, 0.6) is 5.75 Å². The lowest BCUT2D eigenvalue weighted by Crippen LogP contribution is -2.28. The van der Waals surface area contributed by atoms with Crippen molar-refractivity contribution in [3.8, 4) is 5.75 Å². The van der Waals surface area contributed by atoms with E-state index in [2.05, 4.69) is 15.6 Å². The number of para-hydroxylation sites is 1. The normalized spacial score (nSPS) is 10.2. The molecule has 6 nitrogen and oxygen atoms in total. The van der Waals surface area contributed by atoms with Gasteiger partial charge in [0.1, 0.15) is 6.61 Å². The van der Waals surface area contributed by atoms with Gasteiger partial charge in [-0.2, -0.15) is 0 Å². The number of pyridine rings is 1. The number of hydrogen-bond donors (Lipinski definition) is 2. The topological polar surface area (TPSA) is 72.5 Å². The smallest absolute Gasteiger partial charge is 0.319 e. The number of urea groups is 1. The summed E-state index contributed by atoms with van der Waals surface area (Å²) in [6.07, 6.45) is 1.67. The maximum Gasteiger partial charge on any atom is 0.319 e. The first-order valence-corrected chi connectivity index (χ1v) is 7.43. The highest BCUT2D eigenvalue weighted by atomic mass is 35.5. The van der Waals surface area contributed by atoms with Crippen LogP contribution in [0.25, 0.3) is 0 Å². The van der Waals surface area contributed by atoms with Crippen LogP contribution in [-0.4, -0.2) is 31.3 Å². The van der Waals surface area contributed by atoms with Crippen LogP contribution < -0.4 is 15.4 Å². The number of nitrogens with zero attached hydrogens (tertiary/aromatic N) is 1. The predicted octanol–water partition coefficient (Wildman–Crippen LogP) is 3.08. The fraction of sp³-hybridized carbons (Fsp3) is 0.250. The molecule has 2 rings (SSSR count). The number of halogens is 1. The van der Waals surface area contributed by atoms with E-state index in [4.69, 9.17) is 21.1 Å². The van der Waals surface area contributed by atoms with Gasteiger partial charge in [-0.05, 0) is 24.3 Å². The minimum atomic E-state index is -0.366. The summed E-state index contributed by atoms with van der Waals surface area (Å²) in [5.41, 5.74) is 1.26. The standard InChI is InChI=1S/C16H18ClN3O3/c1-22-9-10-23-15-13(17)6-4-7-14(15)20-16(21)19-11-12-5-2-3-8-18-12/h2-8H,9-11H2,1H3,(H2,19,20,21). The zero-order chi connectivity index (χ0) is 16.5. The van der Waals surface area contributed by atoms with Crippen molar-refractivity contribution >= 4 is 23.3 Å². The Hall–Kier alpha value is -2.31. The highest BCUT2D eigenvalue weighted by molar-refractivity contribution is 6.32. The molecule has 7 heteroatoms. The zero-order valence-electron chi connectivity index (χ0n) is 12.7. The zero-order valence-corrected chi connectivity index (χ0v) is 13.5. The van der Waals surface area contributed by atoms with E-state index in [0.29, 0.717) is 36.2 Å². The number of aromatic nitrogens is 1. The summed E-state index contributed by atoms with van der Waals surface area (Å²) in [6.45, 7) is 1.09. The Morgan fingerprint density at radius 2 is 2.09 bits per heavy atom. The molecule has 0 saturated carbocycles. The van der Waals surface area contributed by atoms with Gasteiger partial charge in [-0.3, -0.25) is 4.98 Å². The molecular weight excluding hydrogens is 318 g/mol. The Labute approximate surface area is 139 Å². The van der Waals surface area contributed by atoms with E-state index in [-0.39, 0.29) is 6.03 Å². The second-order valence-corrected chi connectivity index (χ2v) is 4.99. The average molecular weight is 336 g/mol. The second-order valence-electron chi connectivity index (χ2n) is 4.59. The van der Waals surface area contributed by atoms with Crippen molar-refractivity contribution in [2.45, 2.75) is 6.54 Å². The summed E-state index contributed by atoms with van der Waals surface area (Å²) in [5, 5.41) is 5.87. The molecule has 1 aromatic heterocycles. The van der Waals surface area contributed by atoms with Crippen LogP contribution >= 0.6 is 11.6 Å². The molecule has 2 aromatic rings. The van der Waals surface area contributed by atoms with E-state index in [1.54, 1.807) is 31.5 Å². The molecule has 0 radical (unpaired) electrons. The van der Waals surface area contributed by atoms with Crippen molar-refractivity contribution in [1.82, 2.24) is 10.3 Å². The third-order valence-corrected chi connectivity index (χ3v) is 3.20. The van der Waals surface area contributed by atoms with Crippen molar-refractivity contribution < 1.29 is 14.3 Å². The number of anilines is 1. The van der Waals surface area contributed by atoms with Crippen LogP contribution in [0.4, 0.5) is 10.5 Å². The molecule has 1 heterocycles. The summed E-state index contributed by atoms with van der Waals surface area (Å²) in [6, 6.07) is 10.3. The van der Waals surface area contributed by atoms with Gasteiger partial charge in [-0.1, -0.05) is 23.7 Å². The van der Waals surface area contributed by atoms with Crippen LogP contribution in [0.2, 0.25) is 5.02 Å². The molecule has 2 amide bonds. The molecule has 122 valence electrons. The number of carbonyl (C=O) groups excluding carboxylic acids is 1. The lowest BCUT2D eigenvalue weighted by Gasteiger charge is -2.14. The van der Waals surface area contributed by atoms with Crippen molar-refractivity contribution in [1.29, 1.82) is 0 Å². The lowest BCUT2D eigenvalue weighted by atomic mass is 10.3. The van der Waals surface area contributed by atoms with Gasteiger partial charge in [-0.25, -0.2) is 4.79 Å². The van der Waals surface area contributed by atoms with Gasteiger partial charge in [-0.15, -0.1) is 0 Å². The third-order valence-electron chi connectivity index (χ3n) is 2.91. The monoisotopic (exact) mass is 335 g/mol. The van der Waals surface area contributed by atoms with Crippen LogP contribution in [-0.2, 0) is 11.3 Å². The van der Waals surface area contributed by atoms with E-state index >= 15 is 0 Å². The molecule has 0 spiro atoms. The van der Waals surface area contributed by atoms with Crippen LogP contribution in [0, 0.1) is 0 Å². The number of ether oxygens (including phenoxy) is 2. The maximum atomic E-state index is 12.0. The van der Waals surface area contributed by atoms with Gasteiger partial charge >= 0.3 is 6.03 Å². The summed E-state index contributed by atoms with van der Waals surface area (Å²) in [4.78, 5) is 16.1. The molecule has 0 aliphatic carbocycles. The minimum absolute atomic E-state index is 0.326. The largest absolute Gasteiger partial charge is 0.487 e. The van der Waals surface area contributed by atoms with Crippen molar-refractivity contribution in [3.63, 3.8) is 0 Å². The predicted molar refractivity (Wildman–Crippen MR) is 88.9 cm³/mol. The SMILES string of the molecule is COCCOc1c(Cl)cccc1NC(=O)NCc1ccccn1. The highest BCUT2D eigenvalue weighted by Gasteiger charge is 2.11. The fourth-order valence-electron chi connectivity index (χ4n) is 1.82. The second kappa shape index (κ2) is 8.97. The Kier molecular flexibility index (Phi) is 6.65. The molecule has 0 aliphatic rings. The lowest BCUT2D eigenvalue weighted by molar-refractivity contribution is 0.146. The van der Waals surface area contributed by atoms with E-state index in [1.165, 1.54) is 0 Å². The van der Waals surface area contributed by atoms with Crippen LogP contribution in [0.15, 0.2) is 42.6 Å². The Morgan fingerprint density at radius 1 is 1.22 bits per heavy atom. The molecule has 2 N–H and O–H groups in total. The minimum Gasteiger partial charge on any atom is -0.487 e. The third kappa shape index (κ3) is 5.43. The van der Waals surface area contributed by atoms with Crippen LogP contribution in [0.3, 0.4) is 0 Å². The van der Waals surface area contributed by atoms with E-state index in [0.717, 1.165) is 5.69 Å². The van der Waals surface area contributed by atoms with Gasteiger partial charge in [0.2, 0.25) is 0 Å². The summed E-state index contributed by atoms with van der Waals surface area (Å²) in [5.74, 6) is 0.416. The molecule has 0 atom stereocenters. The number of benzene rings is 1. The number of rotatable bonds is 7. The van der Waals surface area contributed by atoms with Crippen molar-refractivity contribution in [2.24, 2.45) is 0 Å². The van der Waals surface area contributed by atoms with E-state index in [1.807, 2.05) is 18.2 Å². The molecule has 1 aromatic carbocycles. The fourth-order valence-corrected chi connectivity index (χ4v) is 2.05. The molecule has 0 aliphatic heterocycles. The van der Waals surface area contributed by atoms with Crippen LogP contribution in [0.1, 0.15) is 5.69 Å². The molecule has 0 fully saturated rings. The van der Waals surface area contributed by atoms with Gasteiger partial charge in [0.15, 0.2) is 5.75 Å². The summed E-state index contributed by atoms with van der Waals surface area (Å²) >= 11 is 6.12. The summed E-state index contributed by atoms with van der Waals surface area (Å²) in [7, 11) is 1.58. The number of methoxy groups -OCH3 is 1. The molecule has 0 saturated heterocycles. The van der Waals surface area contributed by atoms with Gasteiger partial charge in [0.25, 0.3) is 0 Å².